The molecule has 4 nitrogen and oxygen atoms in total. The number of hydrogen-bond acceptors (Lipinski definition) is 4. The molecule has 0 fully saturated rings. The second-order valence-corrected chi connectivity index (χ2v) is 6.19. The highest BCUT2D eigenvalue weighted by molar-refractivity contribution is 9.10. The van der Waals surface area contributed by atoms with Gasteiger partial charge in [-0.3, -0.25) is 0 Å². The van der Waals surface area contributed by atoms with Gasteiger partial charge in [0.15, 0.2) is 0 Å². The summed E-state index contributed by atoms with van der Waals surface area (Å²) in [7, 11) is 3.19. The highest BCUT2D eigenvalue weighted by Crippen LogP contribution is 2.32. The molecule has 0 saturated heterocycles. The van der Waals surface area contributed by atoms with E-state index in [-0.39, 0.29) is 0 Å². The van der Waals surface area contributed by atoms with Crippen molar-refractivity contribution in [2.24, 2.45) is 5.10 Å². The van der Waals surface area contributed by atoms with E-state index in [1.807, 2.05) is 6.07 Å². The van der Waals surface area contributed by atoms with Crippen molar-refractivity contribution >= 4 is 45.3 Å². The molecule has 122 valence electrons. The lowest BCUT2D eigenvalue weighted by Crippen LogP contribution is -2.07. The molecule has 0 bridgehead atoms. The number of halogens is 3. The molecule has 0 amide bonds. The van der Waals surface area contributed by atoms with E-state index in [1.165, 1.54) is 0 Å². The van der Waals surface area contributed by atoms with Crippen LogP contribution in [-0.2, 0) is 6.54 Å². The lowest BCUT2D eigenvalue weighted by atomic mass is 10.2. The van der Waals surface area contributed by atoms with Gasteiger partial charge in [0.25, 0.3) is 0 Å². The van der Waals surface area contributed by atoms with E-state index >= 15 is 0 Å². The predicted octanol–water partition coefficient (Wildman–Crippen LogP) is 4.90. The number of hydrazone groups is 1. The summed E-state index contributed by atoms with van der Waals surface area (Å²) in [4.78, 5) is 0. The van der Waals surface area contributed by atoms with Crippen LogP contribution < -0.4 is 14.9 Å². The Kier molecular flexibility index (Phi) is 6.57. The fourth-order valence-electron chi connectivity index (χ4n) is 1.93. The minimum Gasteiger partial charge on any atom is -0.496 e. The maximum absolute atomic E-state index is 6.11. The van der Waals surface area contributed by atoms with Crippen LogP contribution in [0.15, 0.2) is 39.9 Å². The Balaban J connectivity index is 2.10. The SMILES string of the molecule is COc1cc(OC)c(/C=N/NCc2c(Cl)cccc2Cl)cc1Br. The number of methoxy groups -OCH3 is 2. The molecule has 2 aromatic rings. The summed E-state index contributed by atoms with van der Waals surface area (Å²) in [6.07, 6.45) is 1.66. The van der Waals surface area contributed by atoms with E-state index in [0.29, 0.717) is 28.1 Å². The summed E-state index contributed by atoms with van der Waals surface area (Å²) >= 11 is 15.7. The van der Waals surface area contributed by atoms with Gasteiger partial charge in [-0.15, -0.1) is 0 Å². The third-order valence-corrected chi connectivity index (χ3v) is 4.44. The van der Waals surface area contributed by atoms with Gasteiger partial charge in [-0.25, -0.2) is 0 Å². The summed E-state index contributed by atoms with van der Waals surface area (Å²) in [5.74, 6) is 1.35. The summed E-state index contributed by atoms with van der Waals surface area (Å²) in [6.45, 7) is 0.425. The minimum atomic E-state index is 0.425. The molecule has 23 heavy (non-hydrogen) atoms. The fourth-order valence-corrected chi connectivity index (χ4v) is 2.98. The zero-order chi connectivity index (χ0) is 16.8. The monoisotopic (exact) mass is 416 g/mol. The Morgan fingerprint density at radius 3 is 2.39 bits per heavy atom. The maximum Gasteiger partial charge on any atom is 0.136 e. The van der Waals surface area contributed by atoms with E-state index in [1.54, 1.807) is 44.7 Å². The van der Waals surface area contributed by atoms with Crippen molar-refractivity contribution in [3.05, 3.63) is 56.0 Å². The van der Waals surface area contributed by atoms with Gasteiger partial charge in [0.2, 0.25) is 0 Å². The summed E-state index contributed by atoms with van der Waals surface area (Å²) in [5.41, 5.74) is 4.54. The zero-order valence-corrected chi connectivity index (χ0v) is 15.7. The minimum absolute atomic E-state index is 0.425. The van der Waals surface area contributed by atoms with Crippen LogP contribution in [0.1, 0.15) is 11.1 Å². The van der Waals surface area contributed by atoms with Gasteiger partial charge in [-0.2, -0.15) is 5.10 Å². The van der Waals surface area contributed by atoms with Gasteiger partial charge in [0.1, 0.15) is 11.5 Å². The first-order valence-electron chi connectivity index (χ1n) is 6.67. The molecule has 0 spiro atoms. The zero-order valence-electron chi connectivity index (χ0n) is 12.6. The summed E-state index contributed by atoms with van der Waals surface area (Å²) in [5, 5.41) is 5.39. The maximum atomic E-state index is 6.11. The van der Waals surface area contributed by atoms with Crippen molar-refractivity contribution in [1.82, 2.24) is 5.43 Å². The van der Waals surface area contributed by atoms with E-state index in [9.17, 15) is 0 Å². The van der Waals surface area contributed by atoms with Gasteiger partial charge in [0, 0.05) is 27.2 Å². The third kappa shape index (κ3) is 4.53. The molecule has 0 aliphatic heterocycles. The Hall–Kier alpha value is -1.43. The molecule has 0 heterocycles. The number of benzene rings is 2. The molecule has 0 aromatic heterocycles. The second kappa shape index (κ2) is 8.43. The molecule has 2 aromatic carbocycles. The number of nitrogens with one attached hydrogen (secondary N) is 1. The molecule has 0 atom stereocenters. The molecule has 0 aliphatic carbocycles. The van der Waals surface area contributed by atoms with Gasteiger partial charge in [0.05, 0.1) is 31.5 Å². The first kappa shape index (κ1) is 17.9. The second-order valence-electron chi connectivity index (χ2n) is 4.52. The van der Waals surface area contributed by atoms with E-state index in [2.05, 4.69) is 26.5 Å². The Labute approximate surface area is 153 Å². The normalized spacial score (nSPS) is 10.8. The van der Waals surface area contributed by atoms with Crippen molar-refractivity contribution in [3.63, 3.8) is 0 Å². The van der Waals surface area contributed by atoms with Gasteiger partial charge >= 0.3 is 0 Å². The van der Waals surface area contributed by atoms with Crippen LogP contribution in [0, 0.1) is 0 Å². The van der Waals surface area contributed by atoms with E-state index in [0.717, 1.165) is 15.6 Å². The van der Waals surface area contributed by atoms with Crippen molar-refractivity contribution < 1.29 is 9.47 Å². The Morgan fingerprint density at radius 1 is 1.13 bits per heavy atom. The lowest BCUT2D eigenvalue weighted by Gasteiger charge is -2.10. The highest BCUT2D eigenvalue weighted by Gasteiger charge is 2.08. The Bertz CT molecular complexity index is 703. The largest absolute Gasteiger partial charge is 0.496 e. The molecule has 0 unspecified atom stereocenters. The molecule has 0 radical (unpaired) electrons. The number of rotatable bonds is 6. The molecule has 7 heteroatoms. The van der Waals surface area contributed by atoms with Crippen molar-refractivity contribution in [2.45, 2.75) is 6.54 Å². The first-order valence-corrected chi connectivity index (χ1v) is 8.22. The third-order valence-electron chi connectivity index (χ3n) is 3.12. The molecule has 2 rings (SSSR count). The lowest BCUT2D eigenvalue weighted by molar-refractivity contribution is 0.392. The summed E-state index contributed by atoms with van der Waals surface area (Å²) < 4.78 is 11.4. The van der Waals surface area contributed by atoms with E-state index < -0.39 is 0 Å². The molecule has 0 aliphatic rings. The topological polar surface area (TPSA) is 42.9 Å². The fraction of sp³-hybridized carbons (Fsp3) is 0.188. The van der Waals surface area contributed by atoms with Crippen molar-refractivity contribution in [1.29, 1.82) is 0 Å². The van der Waals surface area contributed by atoms with Crippen LogP contribution in [0.4, 0.5) is 0 Å². The molecular formula is C16H15BrCl2N2O2. The van der Waals surface area contributed by atoms with Crippen LogP contribution in [0.5, 0.6) is 11.5 Å². The van der Waals surface area contributed by atoms with Gasteiger partial charge in [-0.05, 0) is 34.1 Å². The summed E-state index contributed by atoms with van der Waals surface area (Å²) in [6, 6.07) is 9.04. The average molecular weight is 418 g/mol. The van der Waals surface area contributed by atoms with Gasteiger partial charge < -0.3 is 14.9 Å². The van der Waals surface area contributed by atoms with Gasteiger partial charge in [-0.1, -0.05) is 29.3 Å². The first-order chi connectivity index (χ1) is 11.1. The quantitative estimate of drug-likeness (QED) is 0.537. The predicted molar refractivity (Wildman–Crippen MR) is 98.1 cm³/mol. The molecular weight excluding hydrogens is 403 g/mol. The smallest absolute Gasteiger partial charge is 0.136 e. The van der Waals surface area contributed by atoms with Crippen molar-refractivity contribution in [3.8, 4) is 11.5 Å². The number of ether oxygens (including phenoxy) is 2. The van der Waals surface area contributed by atoms with Crippen LogP contribution in [0.25, 0.3) is 0 Å². The Morgan fingerprint density at radius 2 is 1.78 bits per heavy atom. The van der Waals surface area contributed by atoms with Crippen LogP contribution in [0.3, 0.4) is 0 Å². The number of nitrogens with zero attached hydrogens (tertiary/aromatic N) is 1. The average Bonchev–Trinajstić information content (AvgIpc) is 2.54. The highest BCUT2D eigenvalue weighted by atomic mass is 79.9. The van der Waals surface area contributed by atoms with Crippen LogP contribution in [0.2, 0.25) is 10.0 Å². The molecule has 0 saturated carbocycles. The van der Waals surface area contributed by atoms with Crippen LogP contribution in [-0.4, -0.2) is 20.4 Å². The van der Waals surface area contributed by atoms with E-state index in [4.69, 9.17) is 32.7 Å². The number of hydrogen-bond donors (Lipinski definition) is 1. The van der Waals surface area contributed by atoms with Crippen molar-refractivity contribution in [2.75, 3.05) is 14.2 Å². The standard InChI is InChI=1S/C16H15BrCl2N2O2/c1-22-15-7-16(23-2)12(17)6-10(15)8-20-21-9-11-13(18)4-3-5-14(11)19/h3-8,21H,9H2,1-2H3/b20-8+. The van der Waals surface area contributed by atoms with Crippen LogP contribution >= 0.6 is 39.1 Å². The molecule has 1 N–H and O–H groups in total.